The molecule has 0 bridgehead atoms. The Bertz CT molecular complexity index is 298. The summed E-state index contributed by atoms with van der Waals surface area (Å²) in [5.41, 5.74) is 15.4. The van der Waals surface area contributed by atoms with Crippen LogP contribution in [0.5, 0.6) is 0 Å². The first kappa shape index (κ1) is 35.5. The normalized spacial score (nSPS) is 10.1. The number of nitrogens with one attached hydrogen (secondary N) is 1. The van der Waals surface area contributed by atoms with Crippen LogP contribution in [0.3, 0.4) is 0 Å². The molecule has 0 aromatic heterocycles. The summed E-state index contributed by atoms with van der Waals surface area (Å²) in [6, 6.07) is 0. The van der Waals surface area contributed by atoms with Gasteiger partial charge in [-0.25, -0.2) is 18.6 Å². The first-order valence-electron chi connectivity index (χ1n) is 6.41. The molecule has 1 radical (unpaired) electrons. The third-order valence-corrected chi connectivity index (χ3v) is 1.67. The minimum absolute atomic E-state index is 0. The Balaban J connectivity index is -0.0000000800. The molecule has 9 N–H and O–H groups in total. The van der Waals surface area contributed by atoms with E-state index in [-0.39, 0.29) is 29.4 Å². The van der Waals surface area contributed by atoms with E-state index in [1.165, 1.54) is 0 Å². The second kappa shape index (κ2) is 25.6. The van der Waals surface area contributed by atoms with E-state index in [1.807, 2.05) is 0 Å². The Hall–Kier alpha value is -0.598. The molecule has 0 atom stereocenters. The van der Waals surface area contributed by atoms with Crippen LogP contribution in [0.2, 0.25) is 0 Å². The smallest absolute Gasteiger partial charge is 0.861 e. The zero-order chi connectivity index (χ0) is 18.7. The molecular weight excluding hydrogens is 406 g/mol. The largest absolute Gasteiger partial charge is 3.00 e. The number of carbonyl (C=O) groups excluding carboxylic acids is 1. The summed E-state index contributed by atoms with van der Waals surface area (Å²) in [4.78, 5) is 12.6. The molecule has 0 saturated heterocycles. The molecular formula is C10H25ClCrN5O8. The van der Waals surface area contributed by atoms with Crippen molar-refractivity contribution in [1.29, 1.82) is 0 Å². The van der Waals surface area contributed by atoms with Gasteiger partial charge in [-0.05, 0) is 44.9 Å². The molecule has 25 heavy (non-hydrogen) atoms. The van der Waals surface area contributed by atoms with Gasteiger partial charge in [0.1, 0.15) is 0 Å². The first-order chi connectivity index (χ1) is 10.6. The maximum absolute atomic E-state index is 10.1. The molecule has 15 heteroatoms. The van der Waals surface area contributed by atoms with Crippen LogP contribution < -0.4 is 51.4 Å². The van der Waals surface area contributed by atoms with Crippen molar-refractivity contribution in [2.75, 3.05) is 39.3 Å². The predicted molar refractivity (Wildman–Crippen MR) is 70.2 cm³/mol. The maximum atomic E-state index is 10.1. The second-order valence-electron chi connectivity index (χ2n) is 3.70. The number of carboxylic acid groups (broad SMARTS) is 1. The summed E-state index contributed by atoms with van der Waals surface area (Å²) in [6.45, 7) is 2.74. The molecule has 0 amide bonds. The van der Waals surface area contributed by atoms with E-state index in [2.05, 4.69) is 10.3 Å². The van der Waals surface area contributed by atoms with E-state index in [0.29, 0.717) is 0 Å². The Morgan fingerprint density at radius 3 is 1.56 bits per heavy atom. The van der Waals surface area contributed by atoms with Gasteiger partial charge in [0.15, 0.2) is 0 Å². The molecule has 0 spiro atoms. The minimum Gasteiger partial charge on any atom is -0.861 e. The summed E-state index contributed by atoms with van der Waals surface area (Å²) >= 11 is 0. The molecule has 0 aromatic carbocycles. The van der Waals surface area contributed by atoms with Gasteiger partial charge in [-0.1, -0.05) is 0 Å². The number of hydrogen-bond acceptors (Lipinski definition) is 12. The van der Waals surface area contributed by atoms with Crippen LogP contribution >= 0.6 is 0 Å². The SMILES string of the molecule is NCC([O-])=NCC(=O)[O-].NCCCNCCCN.O.[Cr+3].[O-][Cl+3]([O-])([O-])[O-]. The number of carbonyl (C=O) groups is 1. The average Bonchev–Trinajstić information content (AvgIpc) is 2.43. The van der Waals surface area contributed by atoms with E-state index < -0.39 is 28.7 Å². The fourth-order valence-corrected chi connectivity index (χ4v) is 0.796. The predicted octanol–water partition coefficient (Wildman–Crippen LogP) is -9.86. The molecule has 0 unspecified atom stereocenters. The van der Waals surface area contributed by atoms with Crippen molar-refractivity contribution in [3.63, 3.8) is 0 Å². The maximum Gasteiger partial charge on any atom is 3.00 e. The minimum atomic E-state index is -4.94. The Morgan fingerprint density at radius 1 is 0.960 bits per heavy atom. The fraction of sp³-hybridized carbons (Fsp3) is 0.800. The number of halogens is 1. The summed E-state index contributed by atoms with van der Waals surface area (Å²) in [7, 11) is -4.94. The number of nitrogens with two attached hydrogens (primary N) is 3. The van der Waals surface area contributed by atoms with Gasteiger partial charge >= 0.3 is 17.4 Å². The molecule has 0 aromatic rings. The van der Waals surface area contributed by atoms with Gasteiger partial charge in [0, 0.05) is 6.54 Å². The van der Waals surface area contributed by atoms with Crippen LogP contribution in [0.25, 0.3) is 0 Å². The summed E-state index contributed by atoms with van der Waals surface area (Å²) in [5.74, 6) is -2.00. The van der Waals surface area contributed by atoms with Crippen molar-refractivity contribution in [3.8, 4) is 0 Å². The van der Waals surface area contributed by atoms with Crippen LogP contribution in [0, 0.1) is 10.2 Å². The first-order valence-corrected chi connectivity index (χ1v) is 7.64. The van der Waals surface area contributed by atoms with Crippen molar-refractivity contribution in [2.24, 2.45) is 22.2 Å². The van der Waals surface area contributed by atoms with Gasteiger partial charge in [-0.15, -0.1) is 10.2 Å². The van der Waals surface area contributed by atoms with Crippen molar-refractivity contribution in [1.82, 2.24) is 5.32 Å². The van der Waals surface area contributed by atoms with Gasteiger partial charge in [0.05, 0.1) is 12.5 Å². The number of rotatable bonds is 9. The molecule has 151 valence electrons. The number of hydrogen-bond donors (Lipinski definition) is 4. The van der Waals surface area contributed by atoms with Crippen LogP contribution in [0.1, 0.15) is 12.8 Å². The van der Waals surface area contributed by atoms with Crippen molar-refractivity contribution >= 4 is 11.9 Å². The van der Waals surface area contributed by atoms with Crippen molar-refractivity contribution in [3.05, 3.63) is 0 Å². The molecule has 0 fully saturated rings. The monoisotopic (exact) mass is 430 g/mol. The number of aliphatic carboxylic acids is 1. The van der Waals surface area contributed by atoms with Crippen LogP contribution in [-0.4, -0.2) is 56.6 Å². The van der Waals surface area contributed by atoms with E-state index >= 15 is 0 Å². The van der Waals surface area contributed by atoms with Crippen LogP contribution in [-0.2, 0) is 22.2 Å². The van der Waals surface area contributed by atoms with E-state index in [1.54, 1.807) is 0 Å². The number of carboxylic acids is 1. The number of nitrogens with zero attached hydrogens (tertiary/aromatic N) is 1. The van der Waals surface area contributed by atoms with Gasteiger partial charge in [-0.2, -0.15) is 0 Å². The molecule has 0 heterocycles. The van der Waals surface area contributed by atoms with E-state index in [0.717, 1.165) is 39.0 Å². The van der Waals surface area contributed by atoms with Gasteiger partial charge in [0.25, 0.3) is 0 Å². The zero-order valence-corrected chi connectivity index (χ0v) is 15.5. The molecule has 0 aliphatic carbocycles. The Morgan fingerprint density at radius 2 is 1.32 bits per heavy atom. The average molecular weight is 431 g/mol. The zero-order valence-electron chi connectivity index (χ0n) is 13.5. The standard InChI is InChI=1S/C6H17N3.C4H8N2O3.ClHO4.Cr.H2O/c7-3-1-5-9-6-2-4-8;5-1-3(7)6-2-4(8)9;2-1(3,4)5;;/h9H,1-8H2;1-2,5H2,(H,6,7)(H,8,9);(H,2,3,4,5);;1H2/q;;;+3;/p-3. The van der Waals surface area contributed by atoms with Gasteiger partial charge in [-0.3, -0.25) is 4.99 Å². The van der Waals surface area contributed by atoms with Crippen LogP contribution in [0.4, 0.5) is 0 Å². The Kier molecular flexibility index (Phi) is 36.4. The van der Waals surface area contributed by atoms with Crippen molar-refractivity contribution in [2.45, 2.75) is 12.8 Å². The van der Waals surface area contributed by atoms with Gasteiger partial charge < -0.3 is 43.0 Å². The van der Waals surface area contributed by atoms with E-state index in [4.69, 9.17) is 35.8 Å². The summed E-state index contributed by atoms with van der Waals surface area (Å²) in [6.07, 6.45) is 2.12. The number of aliphatic imine (C=N–C) groups is 1. The van der Waals surface area contributed by atoms with Gasteiger partial charge in [0.2, 0.25) is 0 Å². The fourth-order valence-electron chi connectivity index (χ4n) is 0.796. The third kappa shape index (κ3) is 69.7. The summed E-state index contributed by atoms with van der Waals surface area (Å²) in [5, 5.41) is 23.0. The molecule has 0 aliphatic heterocycles. The quantitative estimate of drug-likeness (QED) is 0.151. The van der Waals surface area contributed by atoms with E-state index in [9.17, 15) is 15.0 Å². The molecule has 0 rings (SSSR count). The topological polar surface area (TPSA) is 289 Å². The molecule has 13 nitrogen and oxygen atoms in total. The molecule has 0 saturated carbocycles. The third-order valence-electron chi connectivity index (χ3n) is 1.67. The second-order valence-corrected chi connectivity index (χ2v) is 4.45. The summed E-state index contributed by atoms with van der Waals surface area (Å²) < 4.78 is 34.0. The Labute approximate surface area is 158 Å². The molecule has 0 aliphatic rings. The van der Waals surface area contributed by atoms with Crippen molar-refractivity contribution < 1.29 is 66.7 Å². The van der Waals surface area contributed by atoms with Crippen LogP contribution in [0.15, 0.2) is 4.99 Å².